The highest BCUT2D eigenvalue weighted by Gasteiger charge is 2.16. The number of sulfonamides is 1. The van der Waals surface area contributed by atoms with Crippen LogP contribution in [0, 0.1) is 0 Å². The van der Waals surface area contributed by atoms with E-state index >= 15 is 0 Å². The monoisotopic (exact) mass is 480 g/mol. The Hall–Kier alpha value is -3.76. The quantitative estimate of drug-likeness (QED) is 0.380. The third-order valence-electron chi connectivity index (χ3n) is 4.52. The molecule has 3 aromatic carbocycles. The van der Waals surface area contributed by atoms with Crippen molar-refractivity contribution in [3.05, 3.63) is 84.4 Å². The topological polar surface area (TPSA) is 110 Å². The molecule has 0 saturated carbocycles. The number of hydrogen-bond acceptors (Lipinski definition) is 7. The number of rotatable bonds is 8. The molecule has 0 aliphatic carbocycles. The van der Waals surface area contributed by atoms with E-state index < -0.39 is 15.9 Å². The zero-order valence-electron chi connectivity index (χ0n) is 17.6. The number of nitrogens with one attached hydrogen (secondary N) is 2. The summed E-state index contributed by atoms with van der Waals surface area (Å²) in [7, 11) is -3.81. The molecule has 4 aromatic rings. The van der Waals surface area contributed by atoms with E-state index in [1.165, 1.54) is 24.3 Å². The smallest absolute Gasteiger partial charge is 0.261 e. The lowest BCUT2D eigenvalue weighted by molar-refractivity contribution is 0.102. The summed E-state index contributed by atoms with van der Waals surface area (Å²) in [4.78, 5) is 16.9. The van der Waals surface area contributed by atoms with E-state index in [4.69, 9.17) is 4.74 Å². The number of nitrogens with zero attached hydrogens (tertiary/aromatic N) is 2. The normalized spacial score (nSPS) is 11.1. The highest BCUT2D eigenvalue weighted by molar-refractivity contribution is 7.92. The summed E-state index contributed by atoms with van der Waals surface area (Å²) in [5, 5.41) is 3.05. The lowest BCUT2D eigenvalue weighted by Gasteiger charge is -2.10. The minimum absolute atomic E-state index is 0.0372. The van der Waals surface area contributed by atoms with Crippen LogP contribution >= 0.6 is 11.5 Å². The van der Waals surface area contributed by atoms with Crippen molar-refractivity contribution < 1.29 is 17.9 Å². The Balaban J connectivity index is 1.42. The van der Waals surface area contributed by atoms with Gasteiger partial charge in [-0.05, 0) is 55.5 Å². The minimum Gasteiger partial charge on any atom is -0.494 e. The molecule has 1 aromatic heterocycles. The van der Waals surface area contributed by atoms with E-state index in [1.54, 1.807) is 24.3 Å². The average molecular weight is 481 g/mol. The summed E-state index contributed by atoms with van der Waals surface area (Å²) in [5.41, 5.74) is 1.56. The van der Waals surface area contributed by atoms with Gasteiger partial charge in [-0.25, -0.2) is 8.42 Å². The highest BCUT2D eigenvalue weighted by Crippen LogP contribution is 2.22. The van der Waals surface area contributed by atoms with Gasteiger partial charge >= 0.3 is 0 Å². The number of benzene rings is 3. The van der Waals surface area contributed by atoms with Crippen LogP contribution in [0.5, 0.6) is 5.75 Å². The molecule has 168 valence electrons. The first-order valence-corrected chi connectivity index (χ1v) is 12.3. The van der Waals surface area contributed by atoms with Gasteiger partial charge in [0, 0.05) is 28.3 Å². The van der Waals surface area contributed by atoms with Gasteiger partial charge in [-0.1, -0.05) is 30.3 Å². The third-order valence-corrected chi connectivity index (χ3v) is 6.55. The van der Waals surface area contributed by atoms with Crippen LogP contribution in [0.3, 0.4) is 0 Å². The molecule has 0 fully saturated rings. The van der Waals surface area contributed by atoms with E-state index in [1.807, 2.05) is 37.3 Å². The minimum atomic E-state index is -3.81. The summed E-state index contributed by atoms with van der Waals surface area (Å²) in [6.45, 7) is 2.40. The van der Waals surface area contributed by atoms with Gasteiger partial charge in [0.2, 0.25) is 5.13 Å². The summed E-state index contributed by atoms with van der Waals surface area (Å²) < 4.78 is 37.4. The first kappa shape index (κ1) is 22.4. The van der Waals surface area contributed by atoms with E-state index in [-0.39, 0.29) is 4.90 Å². The number of ether oxygens (including phenoxy) is 1. The van der Waals surface area contributed by atoms with Crippen molar-refractivity contribution in [1.29, 1.82) is 0 Å². The first-order chi connectivity index (χ1) is 15.9. The number of anilines is 2. The second-order valence-corrected chi connectivity index (χ2v) is 9.26. The van der Waals surface area contributed by atoms with Crippen molar-refractivity contribution in [3.63, 3.8) is 0 Å². The van der Waals surface area contributed by atoms with Crippen molar-refractivity contribution in [1.82, 2.24) is 9.36 Å². The van der Waals surface area contributed by atoms with Gasteiger partial charge in [0.1, 0.15) is 5.75 Å². The largest absolute Gasteiger partial charge is 0.494 e. The van der Waals surface area contributed by atoms with Gasteiger partial charge in [0.05, 0.1) is 11.5 Å². The number of carbonyl (C=O) groups is 1. The standard InChI is InChI=1S/C23H20N4O4S2/c1-2-31-19-12-10-18(11-13-19)27-33(29,30)20-14-8-17(9-15-20)22(28)25-23-24-21(26-32-23)16-6-4-3-5-7-16/h3-15,27H,2H2,1H3,(H,24,25,26,28). The number of carbonyl (C=O) groups excluding carboxylic acids is 1. The van der Waals surface area contributed by atoms with Crippen molar-refractivity contribution in [2.45, 2.75) is 11.8 Å². The van der Waals surface area contributed by atoms with E-state index in [0.717, 1.165) is 17.1 Å². The maximum atomic E-state index is 12.7. The number of hydrogen-bond donors (Lipinski definition) is 2. The molecule has 2 N–H and O–H groups in total. The summed E-state index contributed by atoms with van der Waals surface area (Å²) in [6, 6.07) is 21.7. The molecule has 0 unspecified atom stereocenters. The fourth-order valence-electron chi connectivity index (χ4n) is 2.93. The zero-order chi connectivity index (χ0) is 23.3. The van der Waals surface area contributed by atoms with Crippen molar-refractivity contribution >= 4 is 38.3 Å². The molecule has 33 heavy (non-hydrogen) atoms. The molecule has 4 rings (SSSR count). The van der Waals surface area contributed by atoms with Gasteiger partial charge in [0.15, 0.2) is 5.82 Å². The van der Waals surface area contributed by atoms with Gasteiger partial charge in [0.25, 0.3) is 15.9 Å². The first-order valence-electron chi connectivity index (χ1n) is 10.0. The Morgan fingerprint density at radius 3 is 2.33 bits per heavy atom. The average Bonchev–Trinajstić information content (AvgIpc) is 3.29. The van der Waals surface area contributed by atoms with Crippen LogP contribution in [0.15, 0.2) is 83.8 Å². The molecule has 0 aliphatic heterocycles. The van der Waals surface area contributed by atoms with Gasteiger partial charge in [-0.3, -0.25) is 14.8 Å². The number of amides is 1. The number of aromatic nitrogens is 2. The summed E-state index contributed by atoms with van der Waals surface area (Å²) in [5.74, 6) is 0.772. The van der Waals surface area contributed by atoms with E-state index in [0.29, 0.717) is 34.6 Å². The van der Waals surface area contributed by atoms with Crippen molar-refractivity contribution in [2.75, 3.05) is 16.6 Å². The fraction of sp³-hybridized carbons (Fsp3) is 0.0870. The van der Waals surface area contributed by atoms with Crippen LogP contribution in [-0.2, 0) is 10.0 Å². The lowest BCUT2D eigenvalue weighted by atomic mass is 10.2. The van der Waals surface area contributed by atoms with Gasteiger partial charge in [-0.2, -0.15) is 9.36 Å². The molecule has 0 atom stereocenters. The van der Waals surface area contributed by atoms with Crippen LogP contribution in [0.1, 0.15) is 17.3 Å². The Kier molecular flexibility index (Phi) is 6.66. The maximum absolute atomic E-state index is 12.7. The molecular weight excluding hydrogens is 460 g/mol. The SMILES string of the molecule is CCOc1ccc(NS(=O)(=O)c2ccc(C(=O)Nc3nc(-c4ccccc4)ns3)cc2)cc1. The fourth-order valence-corrected chi connectivity index (χ4v) is 4.58. The molecule has 0 bridgehead atoms. The Labute approximate surface area is 195 Å². The Morgan fingerprint density at radius 1 is 0.970 bits per heavy atom. The summed E-state index contributed by atoms with van der Waals surface area (Å²) in [6.07, 6.45) is 0. The predicted octanol–water partition coefficient (Wildman–Crippen LogP) is 4.66. The third kappa shape index (κ3) is 5.54. The van der Waals surface area contributed by atoms with E-state index in [2.05, 4.69) is 19.4 Å². The Morgan fingerprint density at radius 2 is 1.67 bits per heavy atom. The molecular formula is C23H20N4O4S2. The Bertz CT molecular complexity index is 1340. The molecule has 0 spiro atoms. The van der Waals surface area contributed by atoms with Crippen LogP contribution in [0.4, 0.5) is 10.8 Å². The molecule has 10 heteroatoms. The zero-order valence-corrected chi connectivity index (χ0v) is 19.2. The molecule has 0 radical (unpaired) electrons. The molecule has 8 nitrogen and oxygen atoms in total. The second-order valence-electron chi connectivity index (χ2n) is 6.83. The summed E-state index contributed by atoms with van der Waals surface area (Å²) >= 11 is 1.07. The van der Waals surface area contributed by atoms with E-state index in [9.17, 15) is 13.2 Å². The molecule has 1 amide bonds. The molecule has 0 saturated heterocycles. The van der Waals surface area contributed by atoms with Crippen LogP contribution in [-0.4, -0.2) is 30.3 Å². The highest BCUT2D eigenvalue weighted by atomic mass is 32.2. The van der Waals surface area contributed by atoms with Crippen LogP contribution < -0.4 is 14.8 Å². The molecule has 0 aliphatic rings. The predicted molar refractivity (Wildman–Crippen MR) is 128 cm³/mol. The lowest BCUT2D eigenvalue weighted by Crippen LogP contribution is -2.14. The van der Waals surface area contributed by atoms with Crippen LogP contribution in [0.2, 0.25) is 0 Å². The van der Waals surface area contributed by atoms with Crippen molar-refractivity contribution in [2.24, 2.45) is 0 Å². The van der Waals surface area contributed by atoms with Crippen LogP contribution in [0.25, 0.3) is 11.4 Å². The van der Waals surface area contributed by atoms with Gasteiger partial charge in [-0.15, -0.1) is 0 Å². The molecule has 1 heterocycles. The van der Waals surface area contributed by atoms with Crippen molar-refractivity contribution in [3.8, 4) is 17.1 Å². The second kappa shape index (κ2) is 9.80. The maximum Gasteiger partial charge on any atom is 0.261 e. The van der Waals surface area contributed by atoms with Gasteiger partial charge < -0.3 is 4.74 Å².